The molecule has 1 aliphatic rings. The summed E-state index contributed by atoms with van der Waals surface area (Å²) in [4.78, 5) is 0. The van der Waals surface area contributed by atoms with Crippen molar-refractivity contribution in [2.24, 2.45) is 0 Å². The van der Waals surface area contributed by atoms with Gasteiger partial charge in [-0.05, 0) is 19.4 Å². The maximum atomic E-state index is 5.90. The van der Waals surface area contributed by atoms with Crippen molar-refractivity contribution in [1.29, 1.82) is 0 Å². The molecule has 0 bridgehead atoms. The highest BCUT2D eigenvalue weighted by atomic mass is 16.5. The van der Waals surface area contributed by atoms with E-state index in [0.29, 0.717) is 6.10 Å². The largest absolute Gasteiger partial charge is 0.489 e. The predicted octanol–water partition coefficient (Wildman–Crippen LogP) is 2.26. The zero-order valence-corrected chi connectivity index (χ0v) is 8.84. The monoisotopic (exact) mass is 191 g/mol. The molecule has 0 saturated heterocycles. The molecule has 2 nitrogen and oxygen atoms in total. The molecule has 0 fully saturated rings. The van der Waals surface area contributed by atoms with Crippen LogP contribution in [0.15, 0.2) is 18.2 Å². The van der Waals surface area contributed by atoms with E-state index in [1.165, 1.54) is 11.1 Å². The van der Waals surface area contributed by atoms with Crippen molar-refractivity contribution in [2.75, 3.05) is 6.54 Å². The van der Waals surface area contributed by atoms with Crippen LogP contribution in [0.5, 0.6) is 5.75 Å². The Labute approximate surface area is 85.3 Å². The van der Waals surface area contributed by atoms with E-state index >= 15 is 0 Å². The van der Waals surface area contributed by atoms with Gasteiger partial charge in [-0.2, -0.15) is 0 Å². The van der Waals surface area contributed by atoms with Gasteiger partial charge in [-0.25, -0.2) is 0 Å². The molecule has 1 aromatic carbocycles. The average molecular weight is 191 g/mol. The number of hydrogen-bond acceptors (Lipinski definition) is 2. The van der Waals surface area contributed by atoms with Crippen molar-refractivity contribution in [2.45, 2.75) is 32.9 Å². The Bertz CT molecular complexity index is 322. The quantitative estimate of drug-likeness (QED) is 0.735. The van der Waals surface area contributed by atoms with Gasteiger partial charge in [0, 0.05) is 18.7 Å². The number of hydrogen-bond donors (Lipinski definition) is 1. The number of nitrogens with one attached hydrogen (secondary N) is 1. The molecule has 1 unspecified atom stereocenters. The number of fused-ring (bicyclic) bond motifs is 1. The number of ether oxygens (including phenoxy) is 1. The predicted molar refractivity (Wildman–Crippen MR) is 57.6 cm³/mol. The lowest BCUT2D eigenvalue weighted by Gasteiger charge is -2.14. The molecular weight excluding hydrogens is 174 g/mol. The van der Waals surface area contributed by atoms with Gasteiger partial charge in [-0.3, -0.25) is 0 Å². The fourth-order valence-corrected chi connectivity index (χ4v) is 1.78. The summed E-state index contributed by atoms with van der Waals surface area (Å²) < 4.78 is 5.90. The van der Waals surface area contributed by atoms with Gasteiger partial charge in [0.2, 0.25) is 0 Å². The maximum absolute atomic E-state index is 5.90. The summed E-state index contributed by atoms with van der Waals surface area (Å²) in [6.07, 6.45) is 1.37. The highest BCUT2D eigenvalue weighted by molar-refractivity contribution is 5.37. The summed E-state index contributed by atoms with van der Waals surface area (Å²) >= 11 is 0. The fourth-order valence-electron chi connectivity index (χ4n) is 1.78. The molecule has 1 heterocycles. The topological polar surface area (TPSA) is 21.3 Å². The summed E-state index contributed by atoms with van der Waals surface area (Å²) in [5, 5.41) is 3.41. The van der Waals surface area contributed by atoms with Gasteiger partial charge in [-0.1, -0.05) is 24.6 Å². The zero-order valence-electron chi connectivity index (χ0n) is 8.84. The van der Waals surface area contributed by atoms with Gasteiger partial charge in [0.25, 0.3) is 0 Å². The molecule has 0 saturated carbocycles. The lowest BCUT2D eigenvalue weighted by atomic mass is 10.1. The van der Waals surface area contributed by atoms with E-state index in [1.54, 1.807) is 0 Å². The van der Waals surface area contributed by atoms with Crippen molar-refractivity contribution in [3.05, 3.63) is 29.3 Å². The highest BCUT2D eigenvalue weighted by Crippen LogP contribution is 2.23. The second-order valence-corrected chi connectivity index (χ2v) is 3.89. The van der Waals surface area contributed by atoms with Crippen LogP contribution < -0.4 is 10.1 Å². The Balaban J connectivity index is 2.27. The van der Waals surface area contributed by atoms with E-state index in [0.717, 1.165) is 25.3 Å². The van der Waals surface area contributed by atoms with Crippen molar-refractivity contribution in [3.63, 3.8) is 0 Å². The number of benzene rings is 1. The van der Waals surface area contributed by atoms with Gasteiger partial charge in [0.1, 0.15) is 11.9 Å². The summed E-state index contributed by atoms with van der Waals surface area (Å²) in [5.74, 6) is 1.05. The van der Waals surface area contributed by atoms with Gasteiger partial charge >= 0.3 is 0 Å². The van der Waals surface area contributed by atoms with Gasteiger partial charge < -0.3 is 10.1 Å². The molecule has 0 radical (unpaired) electrons. The van der Waals surface area contributed by atoms with Crippen LogP contribution in [0.3, 0.4) is 0 Å². The summed E-state index contributed by atoms with van der Waals surface area (Å²) in [6.45, 7) is 6.14. The minimum Gasteiger partial charge on any atom is -0.489 e. The van der Waals surface area contributed by atoms with E-state index in [9.17, 15) is 0 Å². The second-order valence-electron chi connectivity index (χ2n) is 3.89. The van der Waals surface area contributed by atoms with E-state index in [1.807, 2.05) is 0 Å². The summed E-state index contributed by atoms with van der Waals surface area (Å²) in [5.41, 5.74) is 2.57. The molecule has 0 spiro atoms. The molecule has 76 valence electrons. The summed E-state index contributed by atoms with van der Waals surface area (Å²) in [7, 11) is 0. The molecule has 1 aromatic rings. The van der Waals surface area contributed by atoms with Gasteiger partial charge in [0.15, 0.2) is 0 Å². The van der Waals surface area contributed by atoms with Gasteiger partial charge in [-0.15, -0.1) is 0 Å². The molecule has 0 aliphatic carbocycles. The molecule has 2 rings (SSSR count). The Morgan fingerprint density at radius 1 is 1.50 bits per heavy atom. The maximum Gasteiger partial charge on any atom is 0.124 e. The van der Waals surface area contributed by atoms with Crippen LogP contribution in [-0.2, 0) is 6.54 Å². The first-order chi connectivity index (χ1) is 6.79. The van der Waals surface area contributed by atoms with Crippen LogP contribution in [0.25, 0.3) is 0 Å². The molecule has 1 aliphatic heterocycles. The fraction of sp³-hybridized carbons (Fsp3) is 0.500. The summed E-state index contributed by atoms with van der Waals surface area (Å²) in [6, 6.07) is 6.39. The van der Waals surface area contributed by atoms with Crippen molar-refractivity contribution < 1.29 is 4.74 Å². The molecular formula is C12H17NO. The van der Waals surface area contributed by atoms with Gasteiger partial charge in [0.05, 0.1) is 0 Å². The van der Waals surface area contributed by atoms with Crippen LogP contribution in [0.1, 0.15) is 24.5 Å². The minimum absolute atomic E-state index is 0.318. The third kappa shape index (κ3) is 1.90. The smallest absolute Gasteiger partial charge is 0.124 e. The SMILES string of the molecule is CCC1CNCc2cc(C)ccc2O1. The first-order valence-electron chi connectivity index (χ1n) is 5.26. The van der Waals surface area contributed by atoms with Crippen LogP contribution in [0.2, 0.25) is 0 Å². The molecule has 1 atom stereocenters. The van der Waals surface area contributed by atoms with E-state index in [2.05, 4.69) is 37.4 Å². The first-order valence-corrected chi connectivity index (χ1v) is 5.26. The van der Waals surface area contributed by atoms with Crippen molar-refractivity contribution >= 4 is 0 Å². The first kappa shape index (κ1) is 9.53. The van der Waals surface area contributed by atoms with Crippen molar-refractivity contribution in [3.8, 4) is 5.75 Å². The second kappa shape index (κ2) is 4.01. The normalized spacial score (nSPS) is 20.9. The minimum atomic E-state index is 0.318. The lowest BCUT2D eigenvalue weighted by Crippen LogP contribution is -2.27. The Hall–Kier alpha value is -1.02. The van der Waals surface area contributed by atoms with Crippen LogP contribution in [-0.4, -0.2) is 12.6 Å². The Morgan fingerprint density at radius 2 is 2.36 bits per heavy atom. The molecule has 0 aromatic heterocycles. The Kier molecular flexibility index (Phi) is 2.73. The average Bonchev–Trinajstić information content (AvgIpc) is 2.38. The zero-order chi connectivity index (χ0) is 9.97. The Morgan fingerprint density at radius 3 is 3.14 bits per heavy atom. The van der Waals surface area contributed by atoms with E-state index < -0.39 is 0 Å². The van der Waals surface area contributed by atoms with Crippen LogP contribution >= 0.6 is 0 Å². The number of aryl methyl sites for hydroxylation is 1. The molecule has 0 amide bonds. The van der Waals surface area contributed by atoms with E-state index in [4.69, 9.17) is 4.74 Å². The molecule has 1 N–H and O–H groups in total. The molecule has 2 heteroatoms. The van der Waals surface area contributed by atoms with Crippen LogP contribution in [0, 0.1) is 6.92 Å². The number of rotatable bonds is 1. The standard InChI is InChI=1S/C12H17NO/c1-3-11-8-13-7-10-6-9(2)4-5-12(10)14-11/h4-6,11,13H,3,7-8H2,1-2H3. The lowest BCUT2D eigenvalue weighted by molar-refractivity contribution is 0.202. The van der Waals surface area contributed by atoms with Crippen molar-refractivity contribution in [1.82, 2.24) is 5.32 Å². The third-order valence-corrected chi connectivity index (χ3v) is 2.65. The van der Waals surface area contributed by atoms with E-state index in [-0.39, 0.29) is 0 Å². The third-order valence-electron chi connectivity index (χ3n) is 2.65. The highest BCUT2D eigenvalue weighted by Gasteiger charge is 2.15. The molecule has 14 heavy (non-hydrogen) atoms. The van der Waals surface area contributed by atoms with Crippen LogP contribution in [0.4, 0.5) is 0 Å².